The van der Waals surface area contributed by atoms with E-state index in [1.165, 1.54) is 0 Å². The molecule has 10 heteroatoms. The van der Waals surface area contributed by atoms with Gasteiger partial charge in [-0.2, -0.15) is 4.98 Å². The van der Waals surface area contributed by atoms with Gasteiger partial charge in [0.15, 0.2) is 5.58 Å². The topological polar surface area (TPSA) is 124 Å². The van der Waals surface area contributed by atoms with E-state index in [1.807, 2.05) is 29.8 Å². The number of aromatic nitrogens is 3. The van der Waals surface area contributed by atoms with Crippen molar-refractivity contribution < 1.29 is 23.8 Å². The SMILES string of the molecule is COCCOc1ccc2nc(Nc3nc4cc(C(=O)NCCO)ccc4n3C)oc2c1. The third-order valence-electron chi connectivity index (χ3n) is 4.68. The molecule has 0 radical (unpaired) electrons. The molecule has 162 valence electrons. The van der Waals surface area contributed by atoms with Crippen molar-refractivity contribution >= 4 is 40.0 Å². The number of amides is 1. The number of fused-ring (bicyclic) bond motifs is 2. The Morgan fingerprint density at radius 2 is 2.03 bits per heavy atom. The number of ether oxygens (including phenoxy) is 2. The number of hydrogen-bond donors (Lipinski definition) is 3. The van der Waals surface area contributed by atoms with Gasteiger partial charge in [0.1, 0.15) is 17.9 Å². The summed E-state index contributed by atoms with van der Waals surface area (Å²) >= 11 is 0. The van der Waals surface area contributed by atoms with Crippen molar-refractivity contribution in [2.75, 3.05) is 38.8 Å². The molecule has 31 heavy (non-hydrogen) atoms. The minimum Gasteiger partial charge on any atom is -0.491 e. The molecule has 0 aliphatic heterocycles. The predicted molar refractivity (Wildman–Crippen MR) is 115 cm³/mol. The van der Waals surface area contributed by atoms with E-state index in [0.29, 0.717) is 53.1 Å². The summed E-state index contributed by atoms with van der Waals surface area (Å²) < 4.78 is 18.2. The zero-order chi connectivity index (χ0) is 21.8. The fourth-order valence-corrected chi connectivity index (χ4v) is 3.11. The number of methoxy groups -OCH3 is 1. The fourth-order valence-electron chi connectivity index (χ4n) is 3.11. The second-order valence-electron chi connectivity index (χ2n) is 6.79. The van der Waals surface area contributed by atoms with Gasteiger partial charge in [0.2, 0.25) is 5.95 Å². The highest BCUT2D eigenvalue weighted by atomic mass is 16.5. The highest BCUT2D eigenvalue weighted by molar-refractivity contribution is 5.97. The van der Waals surface area contributed by atoms with Gasteiger partial charge in [0.25, 0.3) is 5.91 Å². The van der Waals surface area contributed by atoms with Crippen LogP contribution in [0.5, 0.6) is 5.75 Å². The van der Waals surface area contributed by atoms with Crippen molar-refractivity contribution in [2.24, 2.45) is 7.05 Å². The van der Waals surface area contributed by atoms with Gasteiger partial charge >= 0.3 is 6.01 Å². The van der Waals surface area contributed by atoms with Crippen LogP contribution in [0.1, 0.15) is 10.4 Å². The average molecular weight is 425 g/mol. The second-order valence-corrected chi connectivity index (χ2v) is 6.79. The molecule has 0 unspecified atom stereocenters. The first-order valence-electron chi connectivity index (χ1n) is 9.74. The van der Waals surface area contributed by atoms with Crippen LogP contribution in [0, 0.1) is 0 Å². The van der Waals surface area contributed by atoms with E-state index >= 15 is 0 Å². The number of nitrogens with zero attached hydrogens (tertiary/aromatic N) is 3. The normalized spacial score (nSPS) is 11.2. The molecule has 2 heterocycles. The van der Waals surface area contributed by atoms with E-state index in [1.54, 1.807) is 25.3 Å². The number of nitrogens with one attached hydrogen (secondary N) is 2. The summed E-state index contributed by atoms with van der Waals surface area (Å²) in [5.74, 6) is 0.923. The maximum atomic E-state index is 12.1. The summed E-state index contributed by atoms with van der Waals surface area (Å²) in [6.45, 7) is 1.03. The van der Waals surface area contributed by atoms with Crippen LogP contribution in [0.3, 0.4) is 0 Å². The fraction of sp³-hybridized carbons (Fsp3) is 0.286. The van der Waals surface area contributed by atoms with Gasteiger partial charge in [0.05, 0.1) is 24.2 Å². The lowest BCUT2D eigenvalue weighted by Gasteiger charge is -2.04. The number of anilines is 2. The van der Waals surface area contributed by atoms with Crippen LogP contribution in [0.4, 0.5) is 12.0 Å². The van der Waals surface area contributed by atoms with E-state index < -0.39 is 0 Å². The molecule has 0 aliphatic carbocycles. The van der Waals surface area contributed by atoms with E-state index in [2.05, 4.69) is 20.6 Å². The molecule has 1 amide bonds. The van der Waals surface area contributed by atoms with E-state index in [9.17, 15) is 4.79 Å². The Balaban J connectivity index is 1.55. The van der Waals surface area contributed by atoms with Crippen molar-refractivity contribution in [2.45, 2.75) is 0 Å². The quantitative estimate of drug-likeness (QED) is 0.349. The Bertz CT molecular complexity index is 1220. The van der Waals surface area contributed by atoms with Crippen molar-refractivity contribution in [1.82, 2.24) is 19.9 Å². The highest BCUT2D eigenvalue weighted by Crippen LogP contribution is 2.27. The average Bonchev–Trinajstić information content (AvgIpc) is 3.31. The number of rotatable bonds is 9. The number of aliphatic hydroxyl groups excluding tert-OH is 1. The lowest BCUT2D eigenvalue weighted by atomic mass is 10.2. The Kier molecular flexibility index (Phi) is 6.01. The third-order valence-corrected chi connectivity index (χ3v) is 4.68. The number of aliphatic hydroxyl groups is 1. The van der Waals surface area contributed by atoms with Crippen LogP contribution in [0.15, 0.2) is 40.8 Å². The van der Waals surface area contributed by atoms with Gasteiger partial charge in [-0.25, -0.2) is 4.98 Å². The molecule has 2 aromatic heterocycles. The smallest absolute Gasteiger partial charge is 0.302 e. The molecular weight excluding hydrogens is 402 g/mol. The Hall–Kier alpha value is -3.63. The predicted octanol–water partition coefficient (Wildman–Crippen LogP) is 2.21. The zero-order valence-electron chi connectivity index (χ0n) is 17.2. The Labute approximate surface area is 177 Å². The summed E-state index contributed by atoms with van der Waals surface area (Å²) in [7, 11) is 3.47. The number of aryl methyl sites for hydroxylation is 1. The molecule has 3 N–H and O–H groups in total. The number of oxazole rings is 1. The largest absolute Gasteiger partial charge is 0.491 e. The van der Waals surface area contributed by atoms with Crippen LogP contribution in [0.2, 0.25) is 0 Å². The standard InChI is InChI=1S/C21H23N5O5/c1-26-17-6-3-13(19(28)22-7-8-27)11-16(17)23-20(26)25-21-24-15-5-4-14(12-18(15)31-21)30-10-9-29-2/h3-6,11-12,27H,7-10H2,1-2H3,(H,22,28)(H,23,24,25). The number of imidazole rings is 1. The van der Waals surface area contributed by atoms with Gasteiger partial charge in [0, 0.05) is 32.3 Å². The molecule has 0 atom stereocenters. The number of hydrogen-bond acceptors (Lipinski definition) is 8. The van der Waals surface area contributed by atoms with Gasteiger partial charge in [-0.3, -0.25) is 10.1 Å². The van der Waals surface area contributed by atoms with Crippen molar-refractivity contribution in [1.29, 1.82) is 0 Å². The molecule has 0 fully saturated rings. The molecule has 2 aromatic carbocycles. The first-order valence-corrected chi connectivity index (χ1v) is 9.74. The van der Waals surface area contributed by atoms with Crippen LogP contribution in [0.25, 0.3) is 22.1 Å². The molecule has 0 bridgehead atoms. The molecule has 0 spiro atoms. The monoisotopic (exact) mass is 425 g/mol. The lowest BCUT2D eigenvalue weighted by molar-refractivity contribution is 0.0945. The van der Waals surface area contributed by atoms with Crippen LogP contribution >= 0.6 is 0 Å². The summed E-state index contributed by atoms with van der Waals surface area (Å²) in [4.78, 5) is 21.1. The van der Waals surface area contributed by atoms with Crippen molar-refractivity contribution in [3.05, 3.63) is 42.0 Å². The van der Waals surface area contributed by atoms with E-state index in [4.69, 9.17) is 19.0 Å². The summed E-state index contributed by atoms with van der Waals surface area (Å²) in [5.41, 5.74) is 3.22. The minimum absolute atomic E-state index is 0.114. The van der Waals surface area contributed by atoms with Crippen molar-refractivity contribution in [3.8, 4) is 5.75 Å². The number of carbonyl (C=O) groups is 1. The van der Waals surface area contributed by atoms with Crippen molar-refractivity contribution in [3.63, 3.8) is 0 Å². The molecular formula is C21H23N5O5. The van der Waals surface area contributed by atoms with Gasteiger partial charge in [-0.05, 0) is 30.3 Å². The summed E-state index contributed by atoms with van der Waals surface area (Å²) in [6.07, 6.45) is 0. The molecule has 10 nitrogen and oxygen atoms in total. The lowest BCUT2D eigenvalue weighted by Crippen LogP contribution is -2.26. The van der Waals surface area contributed by atoms with Gasteiger partial charge in [-0.1, -0.05) is 0 Å². The zero-order valence-corrected chi connectivity index (χ0v) is 17.2. The first kappa shape index (κ1) is 20.6. The number of benzene rings is 2. The summed E-state index contributed by atoms with van der Waals surface area (Å²) in [6, 6.07) is 10.9. The highest BCUT2D eigenvalue weighted by Gasteiger charge is 2.14. The molecule has 0 saturated heterocycles. The first-order chi connectivity index (χ1) is 15.1. The molecule has 0 saturated carbocycles. The maximum Gasteiger partial charge on any atom is 0.302 e. The Morgan fingerprint density at radius 1 is 1.16 bits per heavy atom. The molecule has 0 aliphatic rings. The molecule has 4 rings (SSSR count). The van der Waals surface area contributed by atoms with Gasteiger partial charge < -0.3 is 28.9 Å². The van der Waals surface area contributed by atoms with E-state index in [-0.39, 0.29) is 19.1 Å². The van der Waals surface area contributed by atoms with Gasteiger partial charge in [-0.15, -0.1) is 0 Å². The number of carbonyl (C=O) groups excluding carboxylic acids is 1. The maximum absolute atomic E-state index is 12.1. The summed E-state index contributed by atoms with van der Waals surface area (Å²) in [5, 5.41) is 14.6. The molecule has 4 aromatic rings. The Morgan fingerprint density at radius 3 is 2.84 bits per heavy atom. The van der Waals surface area contributed by atoms with E-state index in [0.717, 1.165) is 5.52 Å². The third kappa shape index (κ3) is 4.44. The van der Waals surface area contributed by atoms with Crippen LogP contribution in [-0.4, -0.2) is 59.0 Å². The minimum atomic E-state index is -0.265. The second kappa shape index (κ2) is 9.02. The van der Waals surface area contributed by atoms with Crippen LogP contribution < -0.4 is 15.4 Å². The van der Waals surface area contributed by atoms with Crippen LogP contribution in [-0.2, 0) is 11.8 Å².